The van der Waals surface area contributed by atoms with Crippen molar-refractivity contribution in [1.29, 1.82) is 0 Å². The number of nitrogens with zero attached hydrogens (tertiary/aromatic N) is 1. The summed E-state index contributed by atoms with van der Waals surface area (Å²) in [6, 6.07) is 39.8. The van der Waals surface area contributed by atoms with E-state index in [2.05, 4.69) is 21.2 Å². The maximum Gasteiger partial charge on any atom is 0.314 e. The summed E-state index contributed by atoms with van der Waals surface area (Å²) >= 11 is 3.48. The SMILES string of the molecule is O=C(c1ccc(Br)cc1)[C@@H]1[C@H](C(=O)OC(c2ccccc2)c2ccccc2)[C@]2(C(=O)Nc3ccccc32)[C@H]2C=Cc3ccccc3N12. The summed E-state index contributed by atoms with van der Waals surface area (Å²) in [5, 5.41) is 3.07. The zero-order valence-electron chi connectivity index (χ0n) is 25.1. The van der Waals surface area contributed by atoms with E-state index in [-0.39, 0.29) is 11.7 Å². The van der Waals surface area contributed by atoms with Crippen LogP contribution >= 0.6 is 15.9 Å². The topological polar surface area (TPSA) is 75.7 Å². The van der Waals surface area contributed by atoms with Gasteiger partial charge in [0, 0.05) is 21.4 Å². The average molecular weight is 682 g/mol. The summed E-state index contributed by atoms with van der Waals surface area (Å²) in [7, 11) is 0. The van der Waals surface area contributed by atoms with Crippen LogP contribution in [-0.2, 0) is 19.7 Å². The first-order valence-electron chi connectivity index (χ1n) is 15.5. The molecule has 0 unspecified atom stereocenters. The molecule has 3 heterocycles. The molecular formula is C40H29BrN2O4. The number of ketones is 1. The Bertz CT molecular complexity index is 2010. The first-order valence-corrected chi connectivity index (χ1v) is 16.3. The third-order valence-electron chi connectivity index (χ3n) is 9.63. The van der Waals surface area contributed by atoms with E-state index in [4.69, 9.17) is 4.74 Å². The van der Waals surface area contributed by atoms with Gasteiger partial charge < -0.3 is 15.0 Å². The van der Waals surface area contributed by atoms with E-state index >= 15 is 4.79 Å². The summed E-state index contributed by atoms with van der Waals surface area (Å²) in [5.74, 6) is -2.41. The first-order chi connectivity index (χ1) is 23.0. The molecule has 0 bridgehead atoms. The lowest BCUT2D eigenvalue weighted by Gasteiger charge is -2.37. The Labute approximate surface area is 280 Å². The second-order valence-electron chi connectivity index (χ2n) is 12.1. The van der Waals surface area contributed by atoms with Gasteiger partial charge in [-0.1, -0.05) is 137 Å². The highest BCUT2D eigenvalue weighted by Crippen LogP contribution is 2.58. The van der Waals surface area contributed by atoms with E-state index < -0.39 is 35.5 Å². The summed E-state index contributed by atoms with van der Waals surface area (Å²) in [4.78, 5) is 46.7. The third kappa shape index (κ3) is 4.56. The fourth-order valence-electron chi connectivity index (χ4n) is 7.64. The maximum atomic E-state index is 15.2. The number of para-hydroxylation sites is 2. The Morgan fingerprint density at radius 2 is 1.38 bits per heavy atom. The molecule has 1 spiro atoms. The van der Waals surface area contributed by atoms with Crippen molar-refractivity contribution in [2.24, 2.45) is 5.92 Å². The normalized spacial score (nSPS) is 22.0. The van der Waals surface area contributed by atoms with E-state index in [1.165, 1.54) is 0 Å². The molecule has 47 heavy (non-hydrogen) atoms. The van der Waals surface area contributed by atoms with Gasteiger partial charge in [0.25, 0.3) is 0 Å². The number of carbonyl (C=O) groups excluding carboxylic acids is 3. The molecule has 230 valence electrons. The first kappa shape index (κ1) is 29.2. The van der Waals surface area contributed by atoms with Crippen molar-refractivity contribution in [2.75, 3.05) is 10.2 Å². The van der Waals surface area contributed by atoms with E-state index in [0.29, 0.717) is 16.8 Å². The van der Waals surface area contributed by atoms with Crippen LogP contribution in [0.25, 0.3) is 6.08 Å². The molecule has 3 aliphatic rings. The van der Waals surface area contributed by atoms with Crippen LogP contribution in [0.5, 0.6) is 0 Å². The largest absolute Gasteiger partial charge is 0.452 e. The molecule has 6 nitrogen and oxygen atoms in total. The van der Waals surface area contributed by atoms with Crippen LogP contribution < -0.4 is 10.2 Å². The van der Waals surface area contributed by atoms with Crippen molar-refractivity contribution in [3.05, 3.63) is 172 Å². The number of rotatable bonds is 6. The highest BCUT2D eigenvalue weighted by Gasteiger charge is 2.71. The number of ether oxygens (including phenoxy) is 1. The third-order valence-corrected chi connectivity index (χ3v) is 10.2. The molecule has 4 atom stereocenters. The molecule has 5 aromatic carbocycles. The van der Waals surface area contributed by atoms with Crippen molar-refractivity contribution >= 4 is 51.0 Å². The van der Waals surface area contributed by atoms with Crippen LogP contribution in [0.3, 0.4) is 0 Å². The molecule has 1 N–H and O–H groups in total. The van der Waals surface area contributed by atoms with Crippen LogP contribution in [0.1, 0.15) is 38.7 Å². The van der Waals surface area contributed by atoms with E-state index in [1.807, 2.05) is 138 Å². The Hall–Kier alpha value is -5.27. The van der Waals surface area contributed by atoms with Gasteiger partial charge in [0.2, 0.25) is 5.91 Å². The number of esters is 1. The molecule has 3 aliphatic heterocycles. The van der Waals surface area contributed by atoms with Gasteiger partial charge in [0.05, 0.1) is 6.04 Å². The number of Topliss-reactive ketones (excluding diaryl/α,β-unsaturated/α-hetero) is 1. The molecule has 5 aromatic rings. The standard InChI is InChI=1S/C40H29BrN2O4/c41-29-22-19-26(20-23-29)36(44)35-34(38(45)47-37(27-12-3-1-4-13-27)28-14-5-2-6-15-28)40(30-16-8-9-17-31(30)42-39(40)46)33-24-21-25-11-7-10-18-32(25)43(33)35/h1-24,33-35,37H,(H,42,46)/t33-,34-,35+,40-/m1/s1. The number of nitrogens with one attached hydrogen (secondary N) is 1. The number of amides is 1. The number of fused-ring (bicyclic) bond motifs is 6. The van der Waals surface area contributed by atoms with Gasteiger partial charge in [0.15, 0.2) is 11.9 Å². The Balaban J connectivity index is 1.36. The fraction of sp³-hybridized carbons (Fsp3) is 0.125. The Kier molecular flexibility index (Phi) is 7.14. The zero-order valence-corrected chi connectivity index (χ0v) is 26.7. The summed E-state index contributed by atoms with van der Waals surface area (Å²) in [6.45, 7) is 0. The molecular weight excluding hydrogens is 652 g/mol. The van der Waals surface area contributed by atoms with Gasteiger partial charge in [-0.25, -0.2) is 0 Å². The lowest BCUT2D eigenvalue weighted by molar-refractivity contribution is -0.156. The van der Waals surface area contributed by atoms with Gasteiger partial charge in [0.1, 0.15) is 17.4 Å². The van der Waals surface area contributed by atoms with E-state index in [0.717, 1.165) is 26.9 Å². The Morgan fingerprint density at radius 3 is 2.09 bits per heavy atom. The Morgan fingerprint density at radius 1 is 0.766 bits per heavy atom. The van der Waals surface area contributed by atoms with E-state index in [1.54, 1.807) is 12.1 Å². The van der Waals surface area contributed by atoms with Gasteiger partial charge in [-0.3, -0.25) is 14.4 Å². The number of carbonyl (C=O) groups is 3. The maximum absolute atomic E-state index is 15.2. The number of hydrogen-bond donors (Lipinski definition) is 1. The quantitative estimate of drug-likeness (QED) is 0.147. The molecule has 0 saturated carbocycles. The molecule has 0 aromatic heterocycles. The lowest BCUT2D eigenvalue weighted by Crippen LogP contribution is -2.51. The minimum atomic E-state index is -1.45. The van der Waals surface area contributed by atoms with Crippen molar-refractivity contribution in [2.45, 2.75) is 23.6 Å². The van der Waals surface area contributed by atoms with E-state index in [9.17, 15) is 9.59 Å². The summed E-state index contributed by atoms with van der Waals surface area (Å²) in [5.41, 5.74) is 3.54. The van der Waals surface area contributed by atoms with Crippen LogP contribution in [0.4, 0.5) is 11.4 Å². The van der Waals surface area contributed by atoms with Gasteiger partial charge in [-0.05, 0) is 46.5 Å². The second kappa shape index (κ2) is 11.5. The molecule has 1 saturated heterocycles. The van der Waals surface area contributed by atoms with Gasteiger partial charge in [-0.15, -0.1) is 0 Å². The number of anilines is 2. The van der Waals surface area contributed by atoms with Crippen LogP contribution in [0.2, 0.25) is 0 Å². The number of benzene rings is 5. The summed E-state index contributed by atoms with van der Waals surface area (Å²) < 4.78 is 7.39. The minimum absolute atomic E-state index is 0.264. The van der Waals surface area contributed by atoms with Gasteiger partial charge in [-0.2, -0.15) is 0 Å². The van der Waals surface area contributed by atoms with Crippen molar-refractivity contribution in [1.82, 2.24) is 0 Å². The molecule has 1 amide bonds. The monoisotopic (exact) mass is 680 g/mol. The second-order valence-corrected chi connectivity index (χ2v) is 13.0. The molecule has 0 aliphatic carbocycles. The molecule has 1 fully saturated rings. The van der Waals surface area contributed by atoms with Crippen molar-refractivity contribution < 1.29 is 19.1 Å². The smallest absolute Gasteiger partial charge is 0.314 e. The van der Waals surface area contributed by atoms with Crippen LogP contribution in [-0.4, -0.2) is 29.7 Å². The van der Waals surface area contributed by atoms with Crippen molar-refractivity contribution in [3.8, 4) is 0 Å². The van der Waals surface area contributed by atoms with Gasteiger partial charge >= 0.3 is 5.97 Å². The zero-order chi connectivity index (χ0) is 32.1. The average Bonchev–Trinajstić information content (AvgIpc) is 3.60. The highest BCUT2D eigenvalue weighted by molar-refractivity contribution is 9.10. The summed E-state index contributed by atoms with van der Waals surface area (Å²) in [6.07, 6.45) is 3.19. The number of halogens is 1. The highest BCUT2D eigenvalue weighted by atomic mass is 79.9. The van der Waals surface area contributed by atoms with Crippen molar-refractivity contribution in [3.63, 3.8) is 0 Å². The number of hydrogen-bond acceptors (Lipinski definition) is 5. The predicted octanol–water partition coefficient (Wildman–Crippen LogP) is 7.76. The lowest BCUT2D eigenvalue weighted by atomic mass is 9.66. The molecule has 7 heteroatoms. The minimum Gasteiger partial charge on any atom is -0.452 e. The molecule has 0 radical (unpaired) electrons. The van der Waals surface area contributed by atoms with Crippen LogP contribution in [0, 0.1) is 5.92 Å². The fourth-order valence-corrected chi connectivity index (χ4v) is 7.91. The molecule has 8 rings (SSSR count). The predicted molar refractivity (Wildman–Crippen MR) is 185 cm³/mol. The van der Waals surface area contributed by atoms with Crippen LogP contribution in [0.15, 0.2) is 144 Å².